The molecule has 1 heterocycles. The van der Waals surface area contributed by atoms with Crippen molar-refractivity contribution in [3.63, 3.8) is 0 Å². The molecule has 0 spiro atoms. The maximum Gasteiger partial charge on any atom is 0.232 e. The molecule has 0 aliphatic carbocycles. The number of amides is 2. The van der Waals surface area contributed by atoms with Crippen molar-refractivity contribution in [1.29, 1.82) is 0 Å². The molecular formula is C16H22ClF2N3O2S. The number of carbonyl (C=O) groups excluding carboxylic acids is 2. The van der Waals surface area contributed by atoms with E-state index in [-0.39, 0.29) is 35.9 Å². The molecule has 140 valence electrons. The van der Waals surface area contributed by atoms with Crippen LogP contribution in [0, 0.1) is 17.6 Å². The van der Waals surface area contributed by atoms with E-state index in [2.05, 4.69) is 5.32 Å². The third-order valence-corrected chi connectivity index (χ3v) is 4.82. The number of nitrogens with one attached hydrogen (secondary N) is 1. The van der Waals surface area contributed by atoms with Crippen LogP contribution in [0.4, 0.5) is 8.78 Å². The molecule has 5 nitrogen and oxygen atoms in total. The summed E-state index contributed by atoms with van der Waals surface area (Å²) in [6, 6.07) is 3.56. The van der Waals surface area contributed by atoms with Crippen molar-refractivity contribution in [1.82, 2.24) is 10.2 Å². The second-order valence-electron chi connectivity index (χ2n) is 5.62. The van der Waals surface area contributed by atoms with Crippen LogP contribution in [0.1, 0.15) is 12.8 Å². The number of likely N-dealkylation sites (tertiary alicyclic amines) is 1. The van der Waals surface area contributed by atoms with Crippen LogP contribution in [0.5, 0.6) is 0 Å². The van der Waals surface area contributed by atoms with Crippen LogP contribution >= 0.6 is 24.2 Å². The predicted molar refractivity (Wildman–Crippen MR) is 95.7 cm³/mol. The van der Waals surface area contributed by atoms with Crippen molar-refractivity contribution < 1.29 is 18.4 Å². The Morgan fingerprint density at radius 3 is 2.76 bits per heavy atom. The van der Waals surface area contributed by atoms with E-state index < -0.39 is 11.6 Å². The second-order valence-corrected chi connectivity index (χ2v) is 6.67. The maximum atomic E-state index is 13.2. The number of nitrogens with zero attached hydrogens (tertiary/aromatic N) is 1. The molecule has 1 atom stereocenters. The highest BCUT2D eigenvalue weighted by Gasteiger charge is 2.28. The number of nitrogens with two attached hydrogens (primary N) is 1. The summed E-state index contributed by atoms with van der Waals surface area (Å²) < 4.78 is 26.1. The van der Waals surface area contributed by atoms with Crippen molar-refractivity contribution in [2.24, 2.45) is 11.7 Å². The van der Waals surface area contributed by atoms with Crippen LogP contribution in [-0.2, 0) is 9.59 Å². The van der Waals surface area contributed by atoms with Gasteiger partial charge in [0, 0.05) is 31.1 Å². The number of hydrogen-bond donors (Lipinski definition) is 2. The van der Waals surface area contributed by atoms with Gasteiger partial charge in [-0.3, -0.25) is 9.59 Å². The summed E-state index contributed by atoms with van der Waals surface area (Å²) in [7, 11) is 0. The van der Waals surface area contributed by atoms with Gasteiger partial charge >= 0.3 is 0 Å². The molecule has 25 heavy (non-hydrogen) atoms. The lowest BCUT2D eigenvalue weighted by Gasteiger charge is -2.32. The van der Waals surface area contributed by atoms with E-state index in [4.69, 9.17) is 5.73 Å². The molecule has 0 bridgehead atoms. The Morgan fingerprint density at radius 1 is 1.32 bits per heavy atom. The van der Waals surface area contributed by atoms with E-state index in [0.29, 0.717) is 31.1 Å². The lowest BCUT2D eigenvalue weighted by molar-refractivity contribution is -0.133. The molecule has 0 saturated carbocycles. The van der Waals surface area contributed by atoms with Gasteiger partial charge in [-0.2, -0.15) is 0 Å². The van der Waals surface area contributed by atoms with Gasteiger partial charge in [-0.1, -0.05) is 0 Å². The van der Waals surface area contributed by atoms with Crippen LogP contribution in [-0.4, -0.2) is 48.6 Å². The molecule has 0 aromatic heterocycles. The quantitative estimate of drug-likeness (QED) is 0.722. The molecule has 3 N–H and O–H groups in total. The Kier molecular flexibility index (Phi) is 9.16. The Morgan fingerprint density at radius 2 is 2.08 bits per heavy atom. The maximum absolute atomic E-state index is 13.2. The van der Waals surface area contributed by atoms with Gasteiger partial charge in [0.05, 0.1) is 11.7 Å². The van der Waals surface area contributed by atoms with Crippen molar-refractivity contribution >= 4 is 36.0 Å². The van der Waals surface area contributed by atoms with Crippen LogP contribution in [0.3, 0.4) is 0 Å². The summed E-state index contributed by atoms with van der Waals surface area (Å²) in [5.74, 6) is -2.12. The number of benzene rings is 1. The first-order valence-corrected chi connectivity index (χ1v) is 8.83. The van der Waals surface area contributed by atoms with Crippen LogP contribution < -0.4 is 11.1 Å². The molecule has 1 aromatic carbocycles. The number of hydrogen-bond acceptors (Lipinski definition) is 4. The van der Waals surface area contributed by atoms with Gasteiger partial charge in [-0.25, -0.2) is 8.78 Å². The highest BCUT2D eigenvalue weighted by Crippen LogP contribution is 2.22. The zero-order chi connectivity index (χ0) is 17.5. The van der Waals surface area contributed by atoms with Gasteiger partial charge in [-0.15, -0.1) is 24.2 Å². The summed E-state index contributed by atoms with van der Waals surface area (Å²) in [4.78, 5) is 26.4. The van der Waals surface area contributed by atoms with E-state index >= 15 is 0 Å². The van der Waals surface area contributed by atoms with E-state index in [9.17, 15) is 18.4 Å². The zero-order valence-electron chi connectivity index (χ0n) is 13.7. The minimum absolute atomic E-state index is 0. The lowest BCUT2D eigenvalue weighted by atomic mass is 9.97. The largest absolute Gasteiger partial charge is 0.355 e. The summed E-state index contributed by atoms with van der Waals surface area (Å²) in [5, 5.41) is 2.75. The van der Waals surface area contributed by atoms with E-state index in [1.54, 1.807) is 4.90 Å². The molecule has 1 aliphatic rings. The molecule has 1 aromatic rings. The topological polar surface area (TPSA) is 75.4 Å². The normalized spacial score (nSPS) is 16.9. The molecular weight excluding hydrogens is 372 g/mol. The second kappa shape index (κ2) is 10.6. The minimum atomic E-state index is -0.929. The number of piperidine rings is 1. The fourth-order valence-electron chi connectivity index (χ4n) is 2.56. The van der Waals surface area contributed by atoms with E-state index in [0.717, 1.165) is 36.7 Å². The smallest absolute Gasteiger partial charge is 0.232 e. The molecule has 0 radical (unpaired) electrons. The molecule has 1 saturated heterocycles. The first-order valence-electron chi connectivity index (χ1n) is 7.84. The molecule has 2 rings (SSSR count). The molecule has 9 heteroatoms. The van der Waals surface area contributed by atoms with Gasteiger partial charge in [0.15, 0.2) is 11.6 Å². The Labute approximate surface area is 156 Å². The highest BCUT2D eigenvalue weighted by molar-refractivity contribution is 8.00. The first-order chi connectivity index (χ1) is 11.5. The van der Waals surface area contributed by atoms with Crippen molar-refractivity contribution in [2.75, 3.05) is 31.9 Å². The molecule has 2 amide bonds. The molecule has 1 unspecified atom stereocenters. The fraction of sp³-hybridized carbons (Fsp3) is 0.500. The van der Waals surface area contributed by atoms with Crippen LogP contribution in [0.2, 0.25) is 0 Å². The SMILES string of the molecule is Cl.NCCNC(=O)C1CCCN(C(=O)CSc2ccc(F)c(F)c2)C1. The Bertz CT molecular complexity index is 607. The number of thioether (sulfide) groups is 1. The monoisotopic (exact) mass is 393 g/mol. The zero-order valence-corrected chi connectivity index (χ0v) is 15.3. The third-order valence-electron chi connectivity index (χ3n) is 3.84. The van der Waals surface area contributed by atoms with Gasteiger partial charge in [-0.05, 0) is 31.0 Å². The number of halogens is 3. The molecule has 1 fully saturated rings. The average Bonchev–Trinajstić information content (AvgIpc) is 2.60. The van der Waals surface area contributed by atoms with Crippen LogP contribution in [0.15, 0.2) is 23.1 Å². The fourth-order valence-corrected chi connectivity index (χ4v) is 3.38. The molecule has 1 aliphatic heterocycles. The summed E-state index contributed by atoms with van der Waals surface area (Å²) in [5.41, 5.74) is 5.36. The van der Waals surface area contributed by atoms with Gasteiger partial charge in [0.2, 0.25) is 11.8 Å². The van der Waals surface area contributed by atoms with Gasteiger partial charge < -0.3 is 16.0 Å². The Hall–Kier alpha value is -1.38. The third kappa shape index (κ3) is 6.45. The van der Waals surface area contributed by atoms with Gasteiger partial charge in [0.25, 0.3) is 0 Å². The van der Waals surface area contributed by atoms with Crippen molar-refractivity contribution in [3.8, 4) is 0 Å². The minimum Gasteiger partial charge on any atom is -0.355 e. The summed E-state index contributed by atoms with van der Waals surface area (Å²) in [6.07, 6.45) is 1.51. The number of rotatable bonds is 6. The predicted octanol–water partition coefficient (Wildman–Crippen LogP) is 1.79. The lowest BCUT2D eigenvalue weighted by Crippen LogP contribution is -2.46. The standard InChI is InChI=1S/C16H21F2N3O2S.ClH/c17-13-4-3-12(8-14(13)18)24-10-15(22)21-7-1-2-11(9-21)16(23)20-6-5-19;/h3-4,8,11H,1-2,5-7,9-10,19H2,(H,20,23);1H. The summed E-state index contributed by atoms with van der Waals surface area (Å²) in [6.45, 7) is 1.80. The Balaban J connectivity index is 0.00000312. The highest BCUT2D eigenvalue weighted by atomic mass is 35.5. The van der Waals surface area contributed by atoms with Crippen molar-refractivity contribution in [2.45, 2.75) is 17.7 Å². The average molecular weight is 394 g/mol. The first kappa shape index (κ1) is 21.7. The van der Waals surface area contributed by atoms with Crippen molar-refractivity contribution in [3.05, 3.63) is 29.8 Å². The van der Waals surface area contributed by atoms with Crippen LogP contribution in [0.25, 0.3) is 0 Å². The van der Waals surface area contributed by atoms with E-state index in [1.807, 2.05) is 0 Å². The number of carbonyl (C=O) groups is 2. The summed E-state index contributed by atoms with van der Waals surface area (Å²) >= 11 is 1.15. The van der Waals surface area contributed by atoms with Gasteiger partial charge in [0.1, 0.15) is 0 Å². The van der Waals surface area contributed by atoms with E-state index in [1.165, 1.54) is 6.07 Å².